The van der Waals surface area contributed by atoms with Crippen LogP contribution in [-0.4, -0.2) is 58.6 Å². The average Bonchev–Trinajstić information content (AvgIpc) is 3.28. The van der Waals surface area contributed by atoms with Gasteiger partial charge in [0.1, 0.15) is 0 Å². The number of benzene rings is 1. The largest absolute Gasteiger partial charge is 0.466 e. The number of piperidine rings is 1. The summed E-state index contributed by atoms with van der Waals surface area (Å²) in [5.41, 5.74) is 0.758. The summed E-state index contributed by atoms with van der Waals surface area (Å²) in [7, 11) is 0. The number of thioether (sulfide) groups is 1. The molecule has 0 unspecified atom stereocenters. The number of esters is 2. The Hall–Kier alpha value is -3.28. The number of amidine groups is 1. The Bertz CT molecular complexity index is 1260. The number of aliphatic imine (C=N–C) groups is 1. The summed E-state index contributed by atoms with van der Waals surface area (Å²) < 4.78 is 50.5. The van der Waals surface area contributed by atoms with Crippen molar-refractivity contribution in [2.75, 3.05) is 19.7 Å². The van der Waals surface area contributed by atoms with E-state index in [9.17, 15) is 27.6 Å². The number of carbonyl (C=O) groups excluding carboxylic acids is 3. The number of likely N-dealkylation sites (tertiary alicyclic amines) is 1. The van der Waals surface area contributed by atoms with Crippen molar-refractivity contribution in [3.8, 4) is 0 Å². The first kappa shape index (κ1) is 29.7. The maximum absolute atomic E-state index is 13.4. The molecule has 0 radical (unpaired) electrons. The number of hydrogen-bond acceptors (Lipinski definition) is 8. The van der Waals surface area contributed by atoms with Crippen LogP contribution in [0.1, 0.15) is 64.1 Å². The van der Waals surface area contributed by atoms with Gasteiger partial charge in [0.15, 0.2) is 5.17 Å². The fourth-order valence-corrected chi connectivity index (χ4v) is 5.97. The lowest BCUT2D eigenvalue weighted by molar-refractivity contribution is -0.151. The summed E-state index contributed by atoms with van der Waals surface area (Å²) in [6, 6.07) is 3.78. The van der Waals surface area contributed by atoms with Crippen molar-refractivity contribution in [1.82, 2.24) is 9.80 Å². The van der Waals surface area contributed by atoms with Gasteiger partial charge in [0.05, 0.1) is 47.9 Å². The molecule has 40 heavy (non-hydrogen) atoms. The van der Waals surface area contributed by atoms with E-state index < -0.39 is 29.9 Å². The molecule has 0 N–H and O–H groups in total. The molecular weight excluding hydrogens is 547 g/mol. The molecule has 0 aromatic heterocycles. The van der Waals surface area contributed by atoms with Gasteiger partial charge < -0.3 is 19.3 Å². The molecule has 4 rings (SSSR count). The van der Waals surface area contributed by atoms with Crippen molar-refractivity contribution in [1.29, 1.82) is 0 Å². The van der Waals surface area contributed by atoms with Crippen LogP contribution in [-0.2, 0) is 30.0 Å². The zero-order valence-electron chi connectivity index (χ0n) is 22.8. The van der Waals surface area contributed by atoms with Gasteiger partial charge in [-0.1, -0.05) is 23.9 Å². The van der Waals surface area contributed by atoms with Crippen molar-refractivity contribution in [3.05, 3.63) is 57.8 Å². The van der Waals surface area contributed by atoms with E-state index in [-0.39, 0.29) is 42.9 Å². The van der Waals surface area contributed by atoms with Crippen LogP contribution < -0.4 is 0 Å². The predicted octanol–water partition coefficient (Wildman–Crippen LogP) is 5.42. The van der Waals surface area contributed by atoms with Crippen LogP contribution in [0.3, 0.4) is 0 Å². The number of rotatable bonds is 7. The zero-order chi connectivity index (χ0) is 29.2. The number of ether oxygens (including phenoxy) is 2. The van der Waals surface area contributed by atoms with Crippen molar-refractivity contribution in [2.24, 2.45) is 10.9 Å². The summed E-state index contributed by atoms with van der Waals surface area (Å²) >= 11 is 1.28. The predicted molar refractivity (Wildman–Crippen MR) is 144 cm³/mol. The quantitative estimate of drug-likeness (QED) is 0.399. The molecular formula is C28H32F3N3O5S. The van der Waals surface area contributed by atoms with E-state index in [1.165, 1.54) is 23.9 Å². The van der Waals surface area contributed by atoms with Crippen LogP contribution in [0.2, 0.25) is 0 Å². The number of amides is 1. The number of nitrogens with zero attached hydrogens (tertiary/aromatic N) is 3. The molecule has 1 amide bonds. The molecule has 8 nitrogen and oxygen atoms in total. The summed E-state index contributed by atoms with van der Waals surface area (Å²) in [6.45, 7) is 7.83. The highest BCUT2D eigenvalue weighted by Crippen LogP contribution is 2.45. The van der Waals surface area contributed by atoms with Gasteiger partial charge in [-0.05, 0) is 63.6 Å². The van der Waals surface area contributed by atoms with Gasteiger partial charge >= 0.3 is 18.1 Å². The van der Waals surface area contributed by atoms with Gasteiger partial charge in [-0.25, -0.2) is 9.79 Å². The third kappa shape index (κ3) is 6.37. The van der Waals surface area contributed by atoms with Gasteiger partial charge in [-0.3, -0.25) is 9.59 Å². The summed E-state index contributed by atoms with van der Waals surface area (Å²) in [6.07, 6.45) is -3.67. The first-order valence-corrected chi connectivity index (χ1v) is 14.1. The Balaban J connectivity index is 1.64. The topological polar surface area (TPSA) is 88.5 Å². The minimum atomic E-state index is -4.51. The highest BCUT2D eigenvalue weighted by Gasteiger charge is 2.42. The third-order valence-electron chi connectivity index (χ3n) is 6.84. The van der Waals surface area contributed by atoms with Crippen LogP contribution in [0.5, 0.6) is 0 Å². The molecule has 3 heterocycles. The van der Waals surface area contributed by atoms with Gasteiger partial charge in [0, 0.05) is 18.8 Å². The number of allylic oxidation sites excluding steroid dienone is 1. The molecule has 1 saturated heterocycles. The lowest BCUT2D eigenvalue weighted by Gasteiger charge is -2.37. The highest BCUT2D eigenvalue weighted by atomic mass is 32.2. The normalized spacial score (nSPS) is 21.2. The van der Waals surface area contributed by atoms with Gasteiger partial charge in [0.2, 0.25) is 5.91 Å². The van der Waals surface area contributed by atoms with Crippen LogP contribution in [0.25, 0.3) is 0 Å². The lowest BCUT2D eigenvalue weighted by atomic mass is 9.93. The van der Waals surface area contributed by atoms with Crippen LogP contribution in [0, 0.1) is 5.92 Å². The average molecular weight is 580 g/mol. The standard InChI is InChI=1S/C28H32F3N3O5S/c1-5-38-25(36)19-7-6-12-33(14-19)22(35)13-21-15-40-27-32-17(4)23(26(37)39-16(2)3)24(34(21)27)18-8-10-20(11-9-18)28(29,30)31/h8-11,15-16,19,24H,5-7,12-14H2,1-4H3/t19-,24-/m1/s1. The highest BCUT2D eigenvalue weighted by molar-refractivity contribution is 8.16. The molecule has 0 aliphatic carbocycles. The number of halogens is 3. The first-order valence-electron chi connectivity index (χ1n) is 13.2. The van der Waals surface area contributed by atoms with Crippen molar-refractivity contribution < 1.29 is 37.0 Å². The van der Waals surface area contributed by atoms with E-state index in [0.29, 0.717) is 41.5 Å². The molecule has 2 atom stereocenters. The van der Waals surface area contributed by atoms with E-state index in [2.05, 4.69) is 4.99 Å². The summed E-state index contributed by atoms with van der Waals surface area (Å²) in [4.78, 5) is 46.9. The SMILES string of the molecule is CCOC(=O)[C@@H]1CCCN(C(=O)CC2=CSC3=NC(C)=C(C(=O)OC(C)C)[C@@H](c4ccc(C(F)(F)F)cc4)N23)C1. The molecule has 1 aromatic carbocycles. The number of carbonyl (C=O) groups is 3. The molecule has 12 heteroatoms. The van der Waals surface area contributed by atoms with E-state index in [4.69, 9.17) is 9.47 Å². The molecule has 216 valence electrons. The minimum absolute atomic E-state index is 0.0374. The van der Waals surface area contributed by atoms with Crippen molar-refractivity contribution in [2.45, 2.75) is 65.3 Å². The Morgan fingerprint density at radius 1 is 1.18 bits per heavy atom. The Morgan fingerprint density at radius 3 is 2.50 bits per heavy atom. The number of fused-ring (bicyclic) bond motifs is 1. The monoisotopic (exact) mass is 579 g/mol. The smallest absolute Gasteiger partial charge is 0.416 e. The van der Waals surface area contributed by atoms with Crippen LogP contribution >= 0.6 is 11.8 Å². The number of hydrogen-bond donors (Lipinski definition) is 0. The first-order chi connectivity index (χ1) is 18.9. The molecule has 3 aliphatic rings. The van der Waals surface area contributed by atoms with E-state index in [0.717, 1.165) is 12.1 Å². The molecule has 0 saturated carbocycles. The van der Waals surface area contributed by atoms with Crippen molar-refractivity contribution in [3.63, 3.8) is 0 Å². The number of alkyl halides is 3. The zero-order valence-corrected chi connectivity index (χ0v) is 23.6. The van der Waals surface area contributed by atoms with E-state index in [1.54, 1.807) is 42.9 Å². The molecule has 0 spiro atoms. The third-order valence-corrected chi connectivity index (χ3v) is 7.73. The van der Waals surface area contributed by atoms with Gasteiger partial charge in [-0.15, -0.1) is 0 Å². The van der Waals surface area contributed by atoms with Crippen molar-refractivity contribution >= 4 is 34.8 Å². The fourth-order valence-electron chi connectivity index (χ4n) is 5.00. The van der Waals surface area contributed by atoms with Crippen LogP contribution in [0.4, 0.5) is 13.2 Å². The second-order valence-corrected chi connectivity index (χ2v) is 10.9. The molecule has 1 fully saturated rings. The lowest BCUT2D eigenvalue weighted by Crippen LogP contribution is -2.44. The summed E-state index contributed by atoms with van der Waals surface area (Å²) in [5.74, 6) is -1.54. The fraction of sp³-hybridized carbons (Fsp3) is 0.500. The second kappa shape index (κ2) is 12.1. The second-order valence-electron chi connectivity index (χ2n) is 10.1. The molecule has 3 aliphatic heterocycles. The minimum Gasteiger partial charge on any atom is -0.466 e. The maximum Gasteiger partial charge on any atom is 0.416 e. The van der Waals surface area contributed by atoms with Crippen LogP contribution in [0.15, 0.2) is 51.6 Å². The van der Waals surface area contributed by atoms with Gasteiger partial charge in [-0.2, -0.15) is 13.2 Å². The Labute approximate surface area is 235 Å². The molecule has 1 aromatic rings. The van der Waals surface area contributed by atoms with E-state index in [1.807, 2.05) is 0 Å². The van der Waals surface area contributed by atoms with Gasteiger partial charge in [0.25, 0.3) is 0 Å². The maximum atomic E-state index is 13.4. The Morgan fingerprint density at radius 2 is 1.88 bits per heavy atom. The summed E-state index contributed by atoms with van der Waals surface area (Å²) in [5, 5.41) is 2.28. The molecule has 0 bridgehead atoms. The van der Waals surface area contributed by atoms with E-state index >= 15 is 0 Å². The Kier molecular flexibility index (Phi) is 8.96.